The standard InChI is InChI=1S/C13H16N2O2S/c1-9(11-6-4-5-7-12(11)16-3)18-8-13-14-10(2)17-15-13/h4-7,9H,8H2,1-3H3/t9-/m0/s1. The maximum atomic E-state index is 5.36. The topological polar surface area (TPSA) is 48.2 Å². The van der Waals surface area contributed by atoms with Gasteiger partial charge in [-0.1, -0.05) is 23.4 Å². The van der Waals surface area contributed by atoms with Crippen molar-refractivity contribution in [3.8, 4) is 5.75 Å². The van der Waals surface area contributed by atoms with Gasteiger partial charge in [-0.3, -0.25) is 0 Å². The van der Waals surface area contributed by atoms with Crippen LogP contribution in [-0.4, -0.2) is 17.3 Å². The molecule has 0 bridgehead atoms. The highest BCUT2D eigenvalue weighted by molar-refractivity contribution is 7.98. The van der Waals surface area contributed by atoms with E-state index in [1.165, 1.54) is 5.56 Å². The Balaban J connectivity index is 2.01. The van der Waals surface area contributed by atoms with Gasteiger partial charge < -0.3 is 9.26 Å². The fourth-order valence-corrected chi connectivity index (χ4v) is 2.58. The second-order valence-electron chi connectivity index (χ2n) is 3.92. The largest absolute Gasteiger partial charge is 0.496 e. The minimum Gasteiger partial charge on any atom is -0.496 e. The lowest BCUT2D eigenvalue weighted by Gasteiger charge is -2.14. The molecule has 1 heterocycles. The molecule has 0 radical (unpaired) electrons. The summed E-state index contributed by atoms with van der Waals surface area (Å²) in [4.78, 5) is 4.19. The highest BCUT2D eigenvalue weighted by Gasteiger charge is 2.12. The summed E-state index contributed by atoms with van der Waals surface area (Å²) in [7, 11) is 1.69. The molecule has 0 aliphatic rings. The third kappa shape index (κ3) is 3.04. The Labute approximate surface area is 111 Å². The van der Waals surface area contributed by atoms with Crippen molar-refractivity contribution in [2.75, 3.05) is 7.11 Å². The molecule has 96 valence electrons. The van der Waals surface area contributed by atoms with E-state index in [9.17, 15) is 0 Å². The second-order valence-corrected chi connectivity index (χ2v) is 5.25. The van der Waals surface area contributed by atoms with E-state index in [-0.39, 0.29) is 0 Å². The molecule has 0 amide bonds. The molecule has 0 aliphatic carbocycles. The van der Waals surface area contributed by atoms with Gasteiger partial charge in [-0.05, 0) is 13.0 Å². The molecular weight excluding hydrogens is 248 g/mol. The zero-order valence-electron chi connectivity index (χ0n) is 10.7. The van der Waals surface area contributed by atoms with Gasteiger partial charge in [0.15, 0.2) is 5.82 Å². The molecule has 5 heteroatoms. The Morgan fingerprint density at radius 2 is 2.17 bits per heavy atom. The van der Waals surface area contributed by atoms with Gasteiger partial charge >= 0.3 is 0 Å². The van der Waals surface area contributed by atoms with Gasteiger partial charge in [-0.25, -0.2) is 0 Å². The summed E-state index contributed by atoms with van der Waals surface area (Å²) in [5.74, 6) is 2.99. The maximum Gasteiger partial charge on any atom is 0.223 e. The third-order valence-electron chi connectivity index (χ3n) is 2.61. The van der Waals surface area contributed by atoms with Crippen LogP contribution in [0.15, 0.2) is 28.8 Å². The van der Waals surface area contributed by atoms with E-state index in [1.807, 2.05) is 18.2 Å². The Morgan fingerprint density at radius 1 is 1.39 bits per heavy atom. The molecule has 18 heavy (non-hydrogen) atoms. The Kier molecular flexibility index (Phi) is 4.25. The van der Waals surface area contributed by atoms with Crippen molar-refractivity contribution in [3.05, 3.63) is 41.5 Å². The number of nitrogens with zero attached hydrogens (tertiary/aromatic N) is 2. The lowest BCUT2D eigenvalue weighted by atomic mass is 10.1. The zero-order chi connectivity index (χ0) is 13.0. The number of aromatic nitrogens is 2. The SMILES string of the molecule is COc1ccccc1[C@H](C)SCc1noc(C)n1. The number of hydrogen-bond acceptors (Lipinski definition) is 5. The van der Waals surface area contributed by atoms with Crippen LogP contribution in [0.1, 0.15) is 29.5 Å². The Hall–Kier alpha value is -1.49. The molecule has 0 unspecified atom stereocenters. The quantitative estimate of drug-likeness (QED) is 0.828. The first-order valence-electron chi connectivity index (χ1n) is 5.74. The third-order valence-corrected chi connectivity index (χ3v) is 3.79. The summed E-state index contributed by atoms with van der Waals surface area (Å²) in [6, 6.07) is 8.05. The van der Waals surface area contributed by atoms with Crippen molar-refractivity contribution in [1.82, 2.24) is 10.1 Å². The fraction of sp³-hybridized carbons (Fsp3) is 0.385. The lowest BCUT2D eigenvalue weighted by Crippen LogP contribution is -1.95. The van der Waals surface area contributed by atoms with Crippen molar-refractivity contribution < 1.29 is 9.26 Å². The molecule has 0 spiro atoms. The smallest absolute Gasteiger partial charge is 0.223 e. The van der Waals surface area contributed by atoms with Crippen LogP contribution in [0.25, 0.3) is 0 Å². The van der Waals surface area contributed by atoms with Crippen LogP contribution in [-0.2, 0) is 5.75 Å². The number of rotatable bonds is 5. The number of thioether (sulfide) groups is 1. The van der Waals surface area contributed by atoms with Crippen molar-refractivity contribution in [1.29, 1.82) is 0 Å². The molecule has 4 nitrogen and oxygen atoms in total. The number of methoxy groups -OCH3 is 1. The van der Waals surface area contributed by atoms with E-state index in [4.69, 9.17) is 9.26 Å². The van der Waals surface area contributed by atoms with E-state index in [0.29, 0.717) is 11.1 Å². The first-order chi connectivity index (χ1) is 8.70. The summed E-state index contributed by atoms with van der Waals surface area (Å²) in [6.45, 7) is 3.94. The predicted octanol–water partition coefficient (Wildman–Crippen LogP) is 3.38. The number of benzene rings is 1. The van der Waals surface area contributed by atoms with Crippen LogP contribution < -0.4 is 4.74 Å². The van der Waals surface area contributed by atoms with Crippen molar-refractivity contribution >= 4 is 11.8 Å². The number of ether oxygens (including phenoxy) is 1. The average Bonchev–Trinajstić information content (AvgIpc) is 2.81. The summed E-state index contributed by atoms with van der Waals surface area (Å²) in [5, 5.41) is 4.21. The van der Waals surface area contributed by atoms with Gasteiger partial charge in [0.2, 0.25) is 5.89 Å². The highest BCUT2D eigenvalue weighted by atomic mass is 32.2. The van der Waals surface area contributed by atoms with Crippen LogP contribution in [0.5, 0.6) is 5.75 Å². The summed E-state index contributed by atoms with van der Waals surface area (Å²) < 4.78 is 10.3. The molecule has 0 N–H and O–H groups in total. The Bertz CT molecular complexity index is 513. The molecule has 0 saturated carbocycles. The van der Waals surface area contributed by atoms with Gasteiger partial charge in [0.1, 0.15) is 5.75 Å². The van der Waals surface area contributed by atoms with Crippen molar-refractivity contribution in [2.24, 2.45) is 0 Å². The summed E-state index contributed by atoms with van der Waals surface area (Å²) in [6.07, 6.45) is 0. The van der Waals surface area contributed by atoms with Gasteiger partial charge in [0, 0.05) is 17.7 Å². The highest BCUT2D eigenvalue weighted by Crippen LogP contribution is 2.35. The lowest BCUT2D eigenvalue weighted by molar-refractivity contribution is 0.389. The summed E-state index contributed by atoms with van der Waals surface area (Å²) >= 11 is 1.76. The molecule has 2 rings (SSSR count). The van der Waals surface area contributed by atoms with Crippen LogP contribution >= 0.6 is 11.8 Å². The molecule has 2 aromatic rings. The molecule has 0 aliphatic heterocycles. The molecule has 0 saturated heterocycles. The molecule has 1 aromatic heterocycles. The monoisotopic (exact) mass is 264 g/mol. The summed E-state index contributed by atoms with van der Waals surface area (Å²) in [5.41, 5.74) is 1.19. The van der Waals surface area contributed by atoms with E-state index in [0.717, 1.165) is 17.3 Å². The molecule has 1 atom stereocenters. The van der Waals surface area contributed by atoms with Gasteiger partial charge in [-0.2, -0.15) is 4.98 Å². The fourth-order valence-electron chi connectivity index (χ4n) is 1.69. The number of hydrogen-bond donors (Lipinski definition) is 0. The van der Waals surface area contributed by atoms with Crippen molar-refractivity contribution in [2.45, 2.75) is 24.9 Å². The predicted molar refractivity (Wildman–Crippen MR) is 71.7 cm³/mol. The van der Waals surface area contributed by atoms with E-state index < -0.39 is 0 Å². The first kappa shape index (κ1) is 13.0. The number of para-hydroxylation sites is 1. The zero-order valence-corrected chi connectivity index (χ0v) is 11.5. The van der Waals surface area contributed by atoms with Crippen LogP contribution in [0.3, 0.4) is 0 Å². The molecule has 1 aromatic carbocycles. The second kappa shape index (κ2) is 5.91. The van der Waals surface area contributed by atoms with E-state index in [2.05, 4.69) is 23.1 Å². The Morgan fingerprint density at radius 3 is 2.83 bits per heavy atom. The van der Waals surface area contributed by atoms with Crippen LogP contribution in [0.4, 0.5) is 0 Å². The molecular formula is C13H16N2O2S. The van der Waals surface area contributed by atoms with Gasteiger partial charge in [0.05, 0.1) is 12.9 Å². The van der Waals surface area contributed by atoms with Gasteiger partial charge in [-0.15, -0.1) is 11.8 Å². The average molecular weight is 264 g/mol. The van der Waals surface area contributed by atoms with Crippen LogP contribution in [0.2, 0.25) is 0 Å². The minimum absolute atomic E-state index is 0.319. The molecule has 0 fully saturated rings. The van der Waals surface area contributed by atoms with Gasteiger partial charge in [0.25, 0.3) is 0 Å². The minimum atomic E-state index is 0.319. The van der Waals surface area contributed by atoms with Crippen molar-refractivity contribution in [3.63, 3.8) is 0 Å². The van der Waals surface area contributed by atoms with E-state index >= 15 is 0 Å². The maximum absolute atomic E-state index is 5.36. The first-order valence-corrected chi connectivity index (χ1v) is 6.79. The van der Waals surface area contributed by atoms with Crippen LogP contribution in [0, 0.1) is 6.92 Å². The van der Waals surface area contributed by atoms with E-state index in [1.54, 1.807) is 25.8 Å². The normalized spacial score (nSPS) is 12.4. The number of aryl methyl sites for hydroxylation is 1.